The summed E-state index contributed by atoms with van der Waals surface area (Å²) in [5.41, 5.74) is 2.92. The molecule has 1 unspecified atom stereocenters. The van der Waals surface area contributed by atoms with Crippen LogP contribution in [0.4, 0.5) is 0 Å². The van der Waals surface area contributed by atoms with Crippen molar-refractivity contribution in [2.75, 3.05) is 26.6 Å². The molecular weight excluding hydrogens is 374 g/mol. The number of nitrogens with zero attached hydrogens (tertiary/aromatic N) is 2. The fourth-order valence-electron chi connectivity index (χ4n) is 3.08. The minimum atomic E-state index is -0.142. The molecule has 7 heteroatoms. The maximum absolute atomic E-state index is 12.5. The van der Waals surface area contributed by atoms with E-state index in [2.05, 4.69) is 14.9 Å². The first-order valence-electron chi connectivity index (χ1n) is 9.13. The Bertz CT molecular complexity index is 942. The molecular formula is C21H25N3O3S. The molecule has 0 saturated carbocycles. The Hall–Kier alpha value is -2.51. The summed E-state index contributed by atoms with van der Waals surface area (Å²) < 4.78 is 12.7. The number of nitrogens with one attached hydrogen (secondary N) is 1. The highest BCUT2D eigenvalue weighted by Gasteiger charge is 2.16. The van der Waals surface area contributed by atoms with Crippen LogP contribution in [0.3, 0.4) is 0 Å². The summed E-state index contributed by atoms with van der Waals surface area (Å²) in [6.45, 7) is 3.23. The van der Waals surface area contributed by atoms with Gasteiger partial charge in [0.05, 0.1) is 36.5 Å². The Balaban J connectivity index is 1.67. The SMILES string of the molecule is COCCn1c(SCC(=O)NC(C)c2ccccc2OC)nc2ccccc21. The number of thioether (sulfide) groups is 1. The lowest BCUT2D eigenvalue weighted by Crippen LogP contribution is -2.28. The van der Waals surface area contributed by atoms with Gasteiger partial charge >= 0.3 is 0 Å². The van der Waals surface area contributed by atoms with E-state index >= 15 is 0 Å². The van der Waals surface area contributed by atoms with Crippen molar-refractivity contribution in [3.63, 3.8) is 0 Å². The molecule has 0 bridgehead atoms. The largest absolute Gasteiger partial charge is 0.496 e. The highest BCUT2D eigenvalue weighted by atomic mass is 32.2. The van der Waals surface area contributed by atoms with Gasteiger partial charge in [-0.15, -0.1) is 0 Å². The molecule has 1 heterocycles. The van der Waals surface area contributed by atoms with Crippen LogP contribution in [0, 0.1) is 0 Å². The van der Waals surface area contributed by atoms with E-state index in [0.29, 0.717) is 13.2 Å². The monoisotopic (exact) mass is 399 g/mol. The molecule has 3 rings (SSSR count). The first-order valence-corrected chi connectivity index (χ1v) is 10.1. The molecule has 0 spiro atoms. The number of imidazole rings is 1. The summed E-state index contributed by atoms with van der Waals surface area (Å²) >= 11 is 1.43. The predicted octanol–water partition coefficient (Wildman–Crippen LogP) is 3.66. The molecule has 1 aromatic heterocycles. The average molecular weight is 400 g/mol. The second kappa shape index (κ2) is 9.61. The number of benzene rings is 2. The van der Waals surface area contributed by atoms with Crippen LogP contribution in [0.2, 0.25) is 0 Å². The lowest BCUT2D eigenvalue weighted by Gasteiger charge is -2.17. The molecule has 0 aliphatic heterocycles. The van der Waals surface area contributed by atoms with Gasteiger partial charge in [0.2, 0.25) is 5.91 Å². The van der Waals surface area contributed by atoms with Crippen LogP contribution in [-0.4, -0.2) is 42.0 Å². The van der Waals surface area contributed by atoms with E-state index in [1.165, 1.54) is 11.8 Å². The van der Waals surface area contributed by atoms with Gasteiger partial charge in [0.1, 0.15) is 5.75 Å². The Labute approximate surface area is 169 Å². The second-order valence-corrected chi connectivity index (χ2v) is 7.29. The Morgan fingerprint density at radius 3 is 2.71 bits per heavy atom. The van der Waals surface area contributed by atoms with Gasteiger partial charge in [-0.3, -0.25) is 4.79 Å². The number of hydrogen-bond acceptors (Lipinski definition) is 5. The zero-order valence-corrected chi connectivity index (χ0v) is 17.2. The number of aromatic nitrogens is 2. The van der Waals surface area contributed by atoms with E-state index in [-0.39, 0.29) is 17.7 Å². The number of carbonyl (C=O) groups excluding carboxylic acids is 1. The second-order valence-electron chi connectivity index (χ2n) is 6.35. The molecule has 6 nitrogen and oxygen atoms in total. The van der Waals surface area contributed by atoms with Crippen LogP contribution in [0.15, 0.2) is 53.7 Å². The van der Waals surface area contributed by atoms with E-state index in [4.69, 9.17) is 9.47 Å². The number of fused-ring (bicyclic) bond motifs is 1. The summed E-state index contributed by atoms with van der Waals surface area (Å²) in [4.78, 5) is 17.2. The Morgan fingerprint density at radius 2 is 1.93 bits per heavy atom. The molecule has 28 heavy (non-hydrogen) atoms. The molecule has 1 amide bonds. The zero-order chi connectivity index (χ0) is 19.9. The van der Waals surface area contributed by atoms with Crippen LogP contribution in [0.25, 0.3) is 11.0 Å². The van der Waals surface area contributed by atoms with Crippen molar-refractivity contribution in [2.24, 2.45) is 0 Å². The summed E-state index contributed by atoms with van der Waals surface area (Å²) in [6.07, 6.45) is 0. The normalized spacial score (nSPS) is 12.1. The van der Waals surface area contributed by atoms with Crippen LogP contribution >= 0.6 is 11.8 Å². The van der Waals surface area contributed by atoms with E-state index in [1.807, 2.05) is 55.5 Å². The third kappa shape index (κ3) is 4.66. The number of para-hydroxylation sites is 3. The number of rotatable bonds is 9. The average Bonchev–Trinajstić information content (AvgIpc) is 3.08. The molecule has 2 aromatic carbocycles. The lowest BCUT2D eigenvalue weighted by atomic mass is 10.1. The number of ether oxygens (including phenoxy) is 2. The molecule has 1 atom stereocenters. The first kappa shape index (κ1) is 20.2. The Morgan fingerprint density at radius 1 is 1.18 bits per heavy atom. The van der Waals surface area contributed by atoms with Gasteiger partial charge in [-0.25, -0.2) is 4.98 Å². The molecule has 0 aliphatic carbocycles. The first-order chi connectivity index (χ1) is 13.6. The van der Waals surface area contributed by atoms with E-state index < -0.39 is 0 Å². The molecule has 148 valence electrons. The van der Waals surface area contributed by atoms with Crippen LogP contribution in [0.1, 0.15) is 18.5 Å². The smallest absolute Gasteiger partial charge is 0.230 e. The summed E-state index contributed by atoms with van der Waals surface area (Å²) in [7, 11) is 3.31. The fourth-order valence-corrected chi connectivity index (χ4v) is 3.93. The van der Waals surface area contributed by atoms with E-state index in [9.17, 15) is 4.79 Å². The van der Waals surface area contributed by atoms with Gasteiger partial charge in [-0.05, 0) is 25.1 Å². The van der Waals surface area contributed by atoms with Gasteiger partial charge < -0.3 is 19.4 Å². The van der Waals surface area contributed by atoms with Crippen LogP contribution < -0.4 is 10.1 Å². The quantitative estimate of drug-likeness (QED) is 0.556. The number of hydrogen-bond donors (Lipinski definition) is 1. The van der Waals surface area contributed by atoms with Crippen molar-refractivity contribution in [3.05, 3.63) is 54.1 Å². The maximum Gasteiger partial charge on any atom is 0.230 e. The maximum atomic E-state index is 12.5. The number of carbonyl (C=O) groups is 1. The number of amides is 1. The zero-order valence-electron chi connectivity index (χ0n) is 16.3. The molecule has 0 fully saturated rings. The summed E-state index contributed by atoms with van der Waals surface area (Å²) in [5, 5.41) is 3.85. The molecule has 0 aliphatic rings. The fraction of sp³-hybridized carbons (Fsp3) is 0.333. The molecule has 3 aromatic rings. The topological polar surface area (TPSA) is 65.4 Å². The van der Waals surface area contributed by atoms with Gasteiger partial charge in [-0.1, -0.05) is 42.1 Å². The van der Waals surface area contributed by atoms with Gasteiger partial charge in [0.15, 0.2) is 5.16 Å². The van der Waals surface area contributed by atoms with Gasteiger partial charge in [0.25, 0.3) is 0 Å². The van der Waals surface area contributed by atoms with Gasteiger partial charge in [-0.2, -0.15) is 0 Å². The van der Waals surface area contributed by atoms with Crippen molar-refractivity contribution >= 4 is 28.7 Å². The highest BCUT2D eigenvalue weighted by Crippen LogP contribution is 2.26. The highest BCUT2D eigenvalue weighted by molar-refractivity contribution is 7.99. The van der Waals surface area contributed by atoms with Crippen molar-refractivity contribution in [1.29, 1.82) is 0 Å². The molecule has 0 radical (unpaired) electrons. The van der Waals surface area contributed by atoms with E-state index in [0.717, 1.165) is 27.5 Å². The third-order valence-electron chi connectivity index (χ3n) is 4.45. The predicted molar refractivity (Wildman–Crippen MR) is 112 cm³/mol. The summed E-state index contributed by atoms with van der Waals surface area (Å²) in [6, 6.07) is 15.5. The van der Waals surface area contributed by atoms with Crippen LogP contribution in [0.5, 0.6) is 5.75 Å². The lowest BCUT2D eigenvalue weighted by molar-refractivity contribution is -0.119. The Kier molecular flexibility index (Phi) is 6.95. The number of methoxy groups -OCH3 is 2. The minimum absolute atomic E-state index is 0.0475. The van der Waals surface area contributed by atoms with Crippen molar-refractivity contribution in [3.8, 4) is 5.75 Å². The summed E-state index contributed by atoms with van der Waals surface area (Å²) in [5.74, 6) is 1.01. The standard InChI is InChI=1S/C21H25N3O3S/c1-15(16-8-4-7-11-19(16)27-3)22-20(25)14-28-21-23-17-9-5-6-10-18(17)24(21)12-13-26-2/h4-11,15H,12-14H2,1-3H3,(H,22,25). The minimum Gasteiger partial charge on any atom is -0.496 e. The third-order valence-corrected chi connectivity index (χ3v) is 5.43. The molecule has 0 saturated heterocycles. The molecule has 1 N–H and O–H groups in total. The van der Waals surface area contributed by atoms with Crippen molar-refractivity contribution in [1.82, 2.24) is 14.9 Å². The van der Waals surface area contributed by atoms with Crippen molar-refractivity contribution < 1.29 is 14.3 Å². The van der Waals surface area contributed by atoms with Gasteiger partial charge in [0, 0.05) is 19.2 Å². The van der Waals surface area contributed by atoms with Crippen molar-refractivity contribution in [2.45, 2.75) is 24.7 Å². The van der Waals surface area contributed by atoms with E-state index in [1.54, 1.807) is 14.2 Å². The van der Waals surface area contributed by atoms with Crippen LogP contribution in [-0.2, 0) is 16.1 Å².